The molecular weight excluding hydrogens is 324 g/mol. The van der Waals surface area contributed by atoms with Crippen molar-refractivity contribution >= 4 is 17.2 Å². The molecule has 0 atom stereocenters. The topological polar surface area (TPSA) is 74.2 Å². The third-order valence-electron chi connectivity index (χ3n) is 4.26. The van der Waals surface area contributed by atoms with Gasteiger partial charge in [-0.1, -0.05) is 41.6 Å². The van der Waals surface area contributed by atoms with Crippen molar-refractivity contribution < 1.29 is 5.21 Å². The monoisotopic (exact) mass is 338 g/mol. The average Bonchev–Trinajstić information content (AvgIpc) is 3.11. The van der Waals surface area contributed by atoms with E-state index in [1.807, 2.05) is 71.3 Å². The zero-order valence-electron chi connectivity index (χ0n) is 13.7. The lowest BCUT2D eigenvalue weighted by molar-refractivity contribution is 0.322. The minimum atomic E-state index is 0.646. The van der Waals surface area contributed by atoms with Gasteiger partial charge in [-0.25, -0.2) is 4.98 Å². The predicted octanol–water partition coefficient (Wildman–Crippen LogP) is 4.37. The number of hydrogen-bond acceptors (Lipinski definition) is 4. The fourth-order valence-electron chi connectivity index (χ4n) is 3.04. The molecule has 26 heavy (non-hydrogen) atoms. The first-order chi connectivity index (χ1) is 12.8. The van der Waals surface area contributed by atoms with Crippen molar-refractivity contribution in [2.45, 2.75) is 0 Å². The number of nitriles is 1. The number of fused-ring (bicyclic) bond motifs is 1. The number of imidazole rings is 1. The summed E-state index contributed by atoms with van der Waals surface area (Å²) in [6.07, 6.45) is 3.14. The van der Waals surface area contributed by atoms with Gasteiger partial charge in [0.15, 0.2) is 0 Å². The van der Waals surface area contributed by atoms with Crippen LogP contribution in [0.4, 0.5) is 0 Å². The largest absolute Gasteiger partial charge is 0.411 e. The Labute approximate surface area is 150 Å². The van der Waals surface area contributed by atoms with E-state index in [0.717, 1.165) is 33.4 Å². The molecule has 1 N–H and O–H groups in total. The predicted molar refractivity (Wildman–Crippen MR) is 101 cm³/mol. The van der Waals surface area contributed by atoms with Crippen LogP contribution < -0.4 is 0 Å². The smallest absolute Gasteiger partial charge is 0.100 e. The highest BCUT2D eigenvalue weighted by Crippen LogP contribution is 2.27. The van der Waals surface area contributed by atoms with Gasteiger partial charge in [0.1, 0.15) is 6.33 Å². The average molecular weight is 338 g/mol. The minimum absolute atomic E-state index is 0.646. The molecule has 3 aromatic carbocycles. The summed E-state index contributed by atoms with van der Waals surface area (Å²) in [4.78, 5) is 4.44. The van der Waals surface area contributed by atoms with Crippen LogP contribution >= 0.6 is 0 Å². The maximum atomic E-state index is 9.35. The fourth-order valence-corrected chi connectivity index (χ4v) is 3.04. The molecule has 5 nitrogen and oxygen atoms in total. The summed E-state index contributed by atoms with van der Waals surface area (Å²) in [5.74, 6) is 0. The Bertz CT molecular complexity index is 1170. The highest BCUT2D eigenvalue weighted by atomic mass is 16.4. The van der Waals surface area contributed by atoms with Crippen molar-refractivity contribution in [2.24, 2.45) is 5.16 Å². The number of oxime groups is 1. The van der Waals surface area contributed by atoms with Crippen molar-refractivity contribution in [3.05, 3.63) is 84.2 Å². The van der Waals surface area contributed by atoms with E-state index in [2.05, 4.69) is 16.2 Å². The van der Waals surface area contributed by atoms with Crippen LogP contribution in [-0.2, 0) is 0 Å². The summed E-state index contributed by atoms with van der Waals surface area (Å²) in [5, 5.41) is 21.1. The summed E-state index contributed by atoms with van der Waals surface area (Å²) in [5.41, 5.74) is 6.03. The van der Waals surface area contributed by atoms with Crippen LogP contribution in [0.1, 0.15) is 11.1 Å². The van der Waals surface area contributed by atoms with Gasteiger partial charge < -0.3 is 5.21 Å². The second kappa shape index (κ2) is 6.54. The van der Waals surface area contributed by atoms with Gasteiger partial charge in [0, 0.05) is 5.69 Å². The maximum Gasteiger partial charge on any atom is 0.100 e. The summed E-state index contributed by atoms with van der Waals surface area (Å²) in [6, 6.07) is 23.5. The Balaban J connectivity index is 1.82. The zero-order chi connectivity index (χ0) is 17.9. The van der Waals surface area contributed by atoms with E-state index in [0.29, 0.717) is 5.56 Å². The molecule has 0 amide bonds. The van der Waals surface area contributed by atoms with Crippen molar-refractivity contribution in [3.63, 3.8) is 0 Å². The number of benzene rings is 3. The molecule has 4 rings (SSSR count). The number of hydrogen-bond donors (Lipinski definition) is 1. The first-order valence-electron chi connectivity index (χ1n) is 8.04. The maximum absolute atomic E-state index is 9.35. The van der Waals surface area contributed by atoms with E-state index in [-0.39, 0.29) is 0 Å². The van der Waals surface area contributed by atoms with Crippen LogP contribution in [0.3, 0.4) is 0 Å². The van der Waals surface area contributed by atoms with E-state index >= 15 is 0 Å². The van der Waals surface area contributed by atoms with Crippen LogP contribution in [0, 0.1) is 11.3 Å². The van der Waals surface area contributed by atoms with Gasteiger partial charge in [-0.15, -0.1) is 0 Å². The van der Waals surface area contributed by atoms with Gasteiger partial charge >= 0.3 is 0 Å². The molecule has 0 fully saturated rings. The van der Waals surface area contributed by atoms with E-state index in [1.54, 1.807) is 6.33 Å². The SMILES string of the molecule is N#Cc1ccccc1-c1cccc(-n2cnc3cc(/C=N/O)ccc32)c1. The van der Waals surface area contributed by atoms with Crippen molar-refractivity contribution in [3.8, 4) is 22.9 Å². The summed E-state index contributed by atoms with van der Waals surface area (Å²) in [7, 11) is 0. The molecule has 5 heteroatoms. The van der Waals surface area contributed by atoms with Gasteiger partial charge in [0.05, 0.1) is 28.9 Å². The highest BCUT2D eigenvalue weighted by Gasteiger charge is 2.08. The number of aromatic nitrogens is 2. The van der Waals surface area contributed by atoms with Gasteiger partial charge in [0.25, 0.3) is 0 Å². The first-order valence-corrected chi connectivity index (χ1v) is 8.04. The van der Waals surface area contributed by atoms with Gasteiger partial charge in [-0.3, -0.25) is 4.57 Å². The molecule has 0 aliphatic heterocycles. The first kappa shape index (κ1) is 15.6. The minimum Gasteiger partial charge on any atom is -0.411 e. The fraction of sp³-hybridized carbons (Fsp3) is 0. The molecule has 0 unspecified atom stereocenters. The molecule has 0 aliphatic carbocycles. The Morgan fingerprint density at radius 3 is 2.77 bits per heavy atom. The van der Waals surface area contributed by atoms with E-state index < -0.39 is 0 Å². The van der Waals surface area contributed by atoms with E-state index in [4.69, 9.17) is 5.21 Å². The molecule has 0 saturated carbocycles. The van der Waals surface area contributed by atoms with Crippen LogP contribution in [0.5, 0.6) is 0 Å². The zero-order valence-corrected chi connectivity index (χ0v) is 13.7. The second-order valence-electron chi connectivity index (χ2n) is 5.82. The van der Waals surface area contributed by atoms with Crippen LogP contribution in [-0.4, -0.2) is 21.0 Å². The Kier molecular flexibility index (Phi) is 3.92. The Morgan fingerprint density at radius 2 is 1.92 bits per heavy atom. The molecule has 0 saturated heterocycles. The van der Waals surface area contributed by atoms with Gasteiger partial charge in [-0.05, 0) is 47.0 Å². The summed E-state index contributed by atoms with van der Waals surface area (Å²) >= 11 is 0. The molecule has 1 heterocycles. The Morgan fingerprint density at radius 1 is 1.04 bits per heavy atom. The van der Waals surface area contributed by atoms with Crippen molar-refractivity contribution in [2.75, 3.05) is 0 Å². The molecule has 0 aliphatic rings. The quantitative estimate of drug-likeness (QED) is 0.342. The lowest BCUT2D eigenvalue weighted by atomic mass is 10.00. The molecule has 4 aromatic rings. The van der Waals surface area contributed by atoms with Crippen molar-refractivity contribution in [1.29, 1.82) is 5.26 Å². The molecule has 0 radical (unpaired) electrons. The Hall–Kier alpha value is -3.91. The van der Waals surface area contributed by atoms with Crippen LogP contribution in [0.15, 0.2) is 78.2 Å². The number of rotatable bonds is 3. The number of nitrogens with zero attached hydrogens (tertiary/aromatic N) is 4. The van der Waals surface area contributed by atoms with Gasteiger partial charge in [-0.2, -0.15) is 5.26 Å². The van der Waals surface area contributed by atoms with E-state index in [9.17, 15) is 5.26 Å². The molecule has 0 bridgehead atoms. The lowest BCUT2D eigenvalue weighted by Crippen LogP contribution is -1.93. The molecular formula is C21H14N4O. The third-order valence-corrected chi connectivity index (χ3v) is 4.26. The highest BCUT2D eigenvalue weighted by molar-refractivity contribution is 5.87. The summed E-state index contributed by atoms with van der Waals surface area (Å²) < 4.78 is 1.99. The lowest BCUT2D eigenvalue weighted by Gasteiger charge is -2.09. The molecule has 1 aromatic heterocycles. The standard InChI is InChI=1S/C21H14N4O/c22-12-17-4-1-2-7-19(17)16-5-3-6-18(11-16)25-14-23-20-10-15(13-24-26)8-9-21(20)25/h1-11,13-14,26H/b24-13+. The molecule has 124 valence electrons. The molecule has 0 spiro atoms. The second-order valence-corrected chi connectivity index (χ2v) is 5.82. The van der Waals surface area contributed by atoms with E-state index in [1.165, 1.54) is 6.21 Å². The van der Waals surface area contributed by atoms with Gasteiger partial charge in [0.2, 0.25) is 0 Å². The van der Waals surface area contributed by atoms with Crippen molar-refractivity contribution in [1.82, 2.24) is 9.55 Å². The summed E-state index contributed by atoms with van der Waals surface area (Å²) in [6.45, 7) is 0. The van der Waals surface area contributed by atoms with Crippen LogP contribution in [0.25, 0.3) is 27.8 Å². The normalized spacial score (nSPS) is 11.0. The third kappa shape index (κ3) is 2.70. The van der Waals surface area contributed by atoms with Crippen LogP contribution in [0.2, 0.25) is 0 Å².